The molecule has 1 aliphatic rings. The molecule has 186 valence electrons. The summed E-state index contributed by atoms with van der Waals surface area (Å²) in [7, 11) is 0. The second-order valence-electron chi connectivity index (χ2n) is 9.40. The number of carboxylic acids is 1. The summed E-state index contributed by atoms with van der Waals surface area (Å²) < 4.78 is 0. The number of aromatic nitrogens is 1. The minimum absolute atomic E-state index is 0. The van der Waals surface area contributed by atoms with Gasteiger partial charge in [-0.15, -0.1) is 12.4 Å². The lowest BCUT2D eigenvalue weighted by Crippen LogP contribution is -2.43. The lowest BCUT2D eigenvalue weighted by molar-refractivity contribution is 0.0690. The average molecular weight is 502 g/mol. The van der Waals surface area contributed by atoms with Crippen LogP contribution in [0, 0.1) is 5.92 Å². The number of carboxylic acid groups (broad SMARTS) is 1. The topological polar surface area (TPSA) is 65.5 Å². The van der Waals surface area contributed by atoms with Crippen molar-refractivity contribution in [1.82, 2.24) is 10.3 Å². The van der Waals surface area contributed by atoms with Gasteiger partial charge in [0.2, 0.25) is 0 Å². The second-order valence-corrected chi connectivity index (χ2v) is 9.40. The Labute approximate surface area is 218 Å². The van der Waals surface area contributed by atoms with Gasteiger partial charge >= 0.3 is 5.97 Å². The van der Waals surface area contributed by atoms with E-state index >= 15 is 0 Å². The van der Waals surface area contributed by atoms with Gasteiger partial charge in [-0.3, -0.25) is 0 Å². The van der Waals surface area contributed by atoms with Crippen molar-refractivity contribution in [3.8, 4) is 0 Å². The molecule has 0 bridgehead atoms. The first-order chi connectivity index (χ1) is 17.1. The van der Waals surface area contributed by atoms with Gasteiger partial charge in [0, 0.05) is 25.0 Å². The number of nitrogens with one attached hydrogen (secondary N) is 1. The molecule has 2 unspecified atom stereocenters. The molecule has 1 aliphatic heterocycles. The highest BCUT2D eigenvalue weighted by molar-refractivity contribution is 5.86. The fourth-order valence-corrected chi connectivity index (χ4v) is 5.32. The van der Waals surface area contributed by atoms with Crippen LogP contribution in [0.25, 0.3) is 10.8 Å². The van der Waals surface area contributed by atoms with Crippen LogP contribution in [0.15, 0.2) is 91.0 Å². The molecule has 0 spiro atoms. The summed E-state index contributed by atoms with van der Waals surface area (Å²) in [6.45, 7) is 4.83. The Balaban J connectivity index is 0.00000304. The van der Waals surface area contributed by atoms with Crippen molar-refractivity contribution < 1.29 is 9.90 Å². The van der Waals surface area contributed by atoms with E-state index in [4.69, 9.17) is 0 Å². The molecule has 0 saturated carbocycles. The van der Waals surface area contributed by atoms with Crippen LogP contribution in [-0.4, -0.2) is 35.7 Å². The quantitative estimate of drug-likeness (QED) is 0.310. The zero-order chi connectivity index (χ0) is 24.2. The standard InChI is InChI=1S/C30H31N3O2.ClH/c1-21(25-14-7-12-22-11-5-6-13-26(22)25)31-19-24-17-18-33(20-27(24)23-9-3-2-4-10-23)29-16-8-15-28(32-29)30(34)35;/h2-16,21,24,27,31H,17-20H2,1H3,(H,34,35);1H/t21-,24?,27?;/m1./s1. The number of hydrogen-bond donors (Lipinski definition) is 2. The number of rotatable bonds is 7. The lowest BCUT2D eigenvalue weighted by Gasteiger charge is -2.40. The number of carbonyl (C=O) groups is 1. The molecule has 3 atom stereocenters. The number of halogens is 1. The number of benzene rings is 3. The highest BCUT2D eigenvalue weighted by atomic mass is 35.5. The normalized spacial score (nSPS) is 18.4. The summed E-state index contributed by atoms with van der Waals surface area (Å²) in [5.74, 6) is 0.538. The molecule has 5 rings (SSSR count). The molecule has 0 radical (unpaired) electrons. The molecular weight excluding hydrogens is 470 g/mol. The van der Waals surface area contributed by atoms with Gasteiger partial charge in [-0.1, -0.05) is 78.9 Å². The second kappa shape index (κ2) is 11.5. The fraction of sp³-hybridized carbons (Fsp3) is 0.267. The molecule has 0 aliphatic carbocycles. The largest absolute Gasteiger partial charge is 0.477 e. The van der Waals surface area contributed by atoms with Crippen LogP contribution in [-0.2, 0) is 0 Å². The Morgan fingerprint density at radius 2 is 1.72 bits per heavy atom. The summed E-state index contributed by atoms with van der Waals surface area (Å²) in [5.41, 5.74) is 2.73. The number of aromatic carboxylic acids is 1. The maximum atomic E-state index is 11.4. The molecule has 1 fully saturated rings. The fourth-order valence-electron chi connectivity index (χ4n) is 5.32. The number of pyridine rings is 1. The molecule has 2 heterocycles. The highest BCUT2D eigenvalue weighted by Gasteiger charge is 2.31. The van der Waals surface area contributed by atoms with Crippen molar-refractivity contribution in [2.24, 2.45) is 5.92 Å². The zero-order valence-corrected chi connectivity index (χ0v) is 21.2. The molecule has 2 N–H and O–H groups in total. The predicted octanol–water partition coefficient (Wildman–Crippen LogP) is 6.32. The number of anilines is 1. The first-order valence-electron chi connectivity index (χ1n) is 12.3. The van der Waals surface area contributed by atoms with E-state index in [1.807, 2.05) is 6.07 Å². The Kier molecular flexibility index (Phi) is 8.24. The molecule has 3 aromatic carbocycles. The van der Waals surface area contributed by atoms with Crippen molar-refractivity contribution in [3.05, 3.63) is 108 Å². The first kappa shape index (κ1) is 25.7. The van der Waals surface area contributed by atoms with Crippen LogP contribution in [0.5, 0.6) is 0 Å². The van der Waals surface area contributed by atoms with E-state index in [-0.39, 0.29) is 24.1 Å². The summed E-state index contributed by atoms with van der Waals surface area (Å²) in [6, 6.07) is 31.2. The lowest BCUT2D eigenvalue weighted by atomic mass is 9.80. The third-order valence-electron chi connectivity index (χ3n) is 7.24. The Hall–Kier alpha value is -3.41. The molecule has 0 amide bonds. The molecule has 4 aromatic rings. The van der Waals surface area contributed by atoms with Gasteiger partial charge in [-0.05, 0) is 59.8 Å². The van der Waals surface area contributed by atoms with E-state index in [0.717, 1.165) is 31.9 Å². The Bertz CT molecular complexity index is 1310. The van der Waals surface area contributed by atoms with Gasteiger partial charge in [0.05, 0.1) is 0 Å². The maximum absolute atomic E-state index is 11.4. The third-order valence-corrected chi connectivity index (χ3v) is 7.24. The van der Waals surface area contributed by atoms with Crippen LogP contribution < -0.4 is 10.2 Å². The highest BCUT2D eigenvalue weighted by Crippen LogP contribution is 2.34. The maximum Gasteiger partial charge on any atom is 0.354 e. The van der Waals surface area contributed by atoms with E-state index in [0.29, 0.717) is 11.8 Å². The van der Waals surface area contributed by atoms with E-state index < -0.39 is 5.97 Å². The van der Waals surface area contributed by atoms with Gasteiger partial charge in [-0.2, -0.15) is 0 Å². The van der Waals surface area contributed by atoms with Crippen LogP contribution in [0.1, 0.15) is 46.9 Å². The minimum Gasteiger partial charge on any atom is -0.477 e. The van der Waals surface area contributed by atoms with Gasteiger partial charge in [-0.25, -0.2) is 9.78 Å². The summed E-state index contributed by atoms with van der Waals surface area (Å²) in [4.78, 5) is 18.1. The molecule has 1 aromatic heterocycles. The van der Waals surface area contributed by atoms with E-state index in [2.05, 4.69) is 94.9 Å². The third kappa shape index (κ3) is 5.53. The van der Waals surface area contributed by atoms with Gasteiger partial charge < -0.3 is 15.3 Å². The average Bonchev–Trinajstić information content (AvgIpc) is 2.92. The van der Waals surface area contributed by atoms with E-state index in [9.17, 15) is 9.90 Å². The number of nitrogens with zero attached hydrogens (tertiary/aromatic N) is 2. The number of fused-ring (bicyclic) bond motifs is 1. The van der Waals surface area contributed by atoms with Crippen LogP contribution in [0.2, 0.25) is 0 Å². The smallest absolute Gasteiger partial charge is 0.354 e. The predicted molar refractivity (Wildman–Crippen MR) is 148 cm³/mol. The molecule has 1 saturated heterocycles. The minimum atomic E-state index is -0.993. The van der Waals surface area contributed by atoms with Crippen LogP contribution in [0.3, 0.4) is 0 Å². The summed E-state index contributed by atoms with van der Waals surface area (Å²) in [6.07, 6.45) is 1.01. The van der Waals surface area contributed by atoms with Gasteiger partial charge in [0.25, 0.3) is 0 Å². The van der Waals surface area contributed by atoms with E-state index in [1.165, 1.54) is 21.9 Å². The van der Waals surface area contributed by atoms with Crippen molar-refractivity contribution in [2.45, 2.75) is 25.3 Å². The SMILES string of the molecule is C[C@@H](NCC1CCN(c2cccc(C(=O)O)n2)CC1c1ccccc1)c1cccc2ccccc12.Cl. The van der Waals surface area contributed by atoms with Crippen molar-refractivity contribution in [3.63, 3.8) is 0 Å². The summed E-state index contributed by atoms with van der Waals surface area (Å²) >= 11 is 0. The first-order valence-corrected chi connectivity index (χ1v) is 12.3. The molecular formula is C30H32ClN3O2. The monoisotopic (exact) mass is 501 g/mol. The Morgan fingerprint density at radius 1 is 1.00 bits per heavy atom. The zero-order valence-electron chi connectivity index (χ0n) is 20.4. The molecule has 36 heavy (non-hydrogen) atoms. The Morgan fingerprint density at radius 3 is 2.53 bits per heavy atom. The van der Waals surface area contributed by atoms with Crippen molar-refractivity contribution in [2.75, 3.05) is 24.5 Å². The number of piperidine rings is 1. The van der Waals surface area contributed by atoms with Crippen LogP contribution >= 0.6 is 12.4 Å². The number of hydrogen-bond acceptors (Lipinski definition) is 4. The van der Waals surface area contributed by atoms with Crippen molar-refractivity contribution >= 4 is 35.0 Å². The van der Waals surface area contributed by atoms with Crippen molar-refractivity contribution in [1.29, 1.82) is 0 Å². The van der Waals surface area contributed by atoms with Gasteiger partial charge in [0.1, 0.15) is 5.82 Å². The van der Waals surface area contributed by atoms with E-state index in [1.54, 1.807) is 12.1 Å². The van der Waals surface area contributed by atoms with Gasteiger partial charge in [0.15, 0.2) is 5.69 Å². The molecule has 5 nitrogen and oxygen atoms in total. The summed E-state index contributed by atoms with van der Waals surface area (Å²) in [5, 5.41) is 15.8. The molecule has 6 heteroatoms. The van der Waals surface area contributed by atoms with Crippen LogP contribution in [0.4, 0.5) is 5.82 Å².